The van der Waals surface area contributed by atoms with Crippen LogP contribution in [0.5, 0.6) is 0 Å². The fourth-order valence-electron chi connectivity index (χ4n) is 1.29. The maximum absolute atomic E-state index is 8.50. The minimum absolute atomic E-state index is 0.897. The van der Waals surface area contributed by atoms with Gasteiger partial charge in [-0.2, -0.15) is 0 Å². The molecule has 0 unspecified atom stereocenters. The Morgan fingerprint density at radius 2 is 2.36 bits per heavy atom. The molecule has 0 fully saturated rings. The highest BCUT2D eigenvalue weighted by Crippen LogP contribution is 1.90. The summed E-state index contributed by atoms with van der Waals surface area (Å²) in [7, 11) is 6.16. The van der Waals surface area contributed by atoms with Gasteiger partial charge < -0.3 is 10.1 Å². The van der Waals surface area contributed by atoms with Gasteiger partial charge in [-0.3, -0.25) is 0 Å². The fourth-order valence-corrected chi connectivity index (χ4v) is 1.29. The molecule has 5 nitrogen and oxygen atoms in total. The monoisotopic (exact) mass is 198 g/mol. The molecule has 0 aliphatic carbocycles. The summed E-state index contributed by atoms with van der Waals surface area (Å²) < 4.78 is 3.98. The van der Waals surface area contributed by atoms with Gasteiger partial charge in [-0.15, -0.1) is 0 Å². The number of aromatic nitrogens is 2. The van der Waals surface area contributed by atoms with Gasteiger partial charge in [0, 0.05) is 0 Å². The highest BCUT2D eigenvalue weighted by molar-refractivity contribution is 5.72. The van der Waals surface area contributed by atoms with E-state index in [0.29, 0.717) is 0 Å². The van der Waals surface area contributed by atoms with Crippen LogP contribution in [0.15, 0.2) is 17.5 Å². The van der Waals surface area contributed by atoms with Crippen LogP contribution in [0.1, 0.15) is 5.82 Å². The van der Waals surface area contributed by atoms with Gasteiger partial charge in [0.15, 0.2) is 6.21 Å². The van der Waals surface area contributed by atoms with Gasteiger partial charge in [-0.25, -0.2) is 9.13 Å². The third-order valence-corrected chi connectivity index (χ3v) is 2.15. The number of rotatable bonds is 4. The van der Waals surface area contributed by atoms with E-state index in [1.54, 1.807) is 0 Å². The lowest BCUT2D eigenvalue weighted by atomic mass is 10.5. The van der Waals surface area contributed by atoms with Crippen LogP contribution in [0.25, 0.3) is 0 Å². The number of quaternary nitrogens is 1. The smallest absolute Gasteiger partial charge is 0.303 e. The van der Waals surface area contributed by atoms with Crippen LogP contribution in [0.4, 0.5) is 0 Å². The molecule has 0 aliphatic heterocycles. The van der Waals surface area contributed by atoms with Gasteiger partial charge in [0.2, 0.25) is 0 Å². The maximum Gasteiger partial charge on any atom is 0.303 e. The SMILES string of the molecule is C[n+]1ccn(CC[NH+](C)C)c1/C=N/O. The molecule has 0 bridgehead atoms. The third kappa shape index (κ3) is 2.56. The molecule has 1 heterocycles. The Bertz CT molecular complexity index is 317. The molecule has 0 atom stereocenters. The molecular weight excluding hydrogens is 180 g/mol. The van der Waals surface area contributed by atoms with Crippen molar-refractivity contribution in [1.82, 2.24) is 4.57 Å². The Balaban J connectivity index is 2.76. The van der Waals surface area contributed by atoms with Gasteiger partial charge in [0.1, 0.15) is 25.5 Å². The Kier molecular flexibility index (Phi) is 3.64. The Morgan fingerprint density at radius 1 is 1.64 bits per heavy atom. The van der Waals surface area contributed by atoms with Crippen molar-refractivity contribution in [3.63, 3.8) is 0 Å². The first kappa shape index (κ1) is 10.7. The lowest BCUT2D eigenvalue weighted by Gasteiger charge is -2.04. The first-order valence-electron chi connectivity index (χ1n) is 4.66. The molecule has 78 valence electrons. The summed E-state index contributed by atoms with van der Waals surface area (Å²) in [6.07, 6.45) is 5.38. The van der Waals surface area contributed by atoms with Crippen LogP contribution >= 0.6 is 0 Å². The summed E-state index contributed by atoms with van der Waals surface area (Å²) in [6.45, 7) is 1.96. The highest BCUT2D eigenvalue weighted by Gasteiger charge is 2.12. The van der Waals surface area contributed by atoms with Gasteiger partial charge in [-0.05, 0) is 0 Å². The second kappa shape index (κ2) is 4.76. The van der Waals surface area contributed by atoms with Crippen molar-refractivity contribution in [2.75, 3.05) is 20.6 Å². The Labute approximate surface area is 83.9 Å². The van der Waals surface area contributed by atoms with Crippen molar-refractivity contribution < 1.29 is 14.7 Å². The van der Waals surface area contributed by atoms with Crippen molar-refractivity contribution in [3.05, 3.63) is 18.2 Å². The number of hydrogen-bond acceptors (Lipinski definition) is 2. The minimum atomic E-state index is 0.897. The van der Waals surface area contributed by atoms with E-state index in [4.69, 9.17) is 5.21 Å². The average Bonchev–Trinajstić information content (AvgIpc) is 2.46. The summed E-state index contributed by atoms with van der Waals surface area (Å²) in [5.41, 5.74) is 0. The fraction of sp³-hybridized carbons (Fsp3) is 0.556. The average molecular weight is 198 g/mol. The summed E-state index contributed by atoms with van der Waals surface area (Å²) in [4.78, 5) is 1.40. The number of likely N-dealkylation sites (N-methyl/N-ethyl adjacent to an activating group) is 1. The predicted octanol–water partition coefficient (Wildman–Crippen LogP) is -1.73. The minimum Gasteiger partial charge on any atom is -0.411 e. The van der Waals surface area contributed by atoms with Crippen LogP contribution in [0.2, 0.25) is 0 Å². The van der Waals surface area contributed by atoms with E-state index >= 15 is 0 Å². The maximum atomic E-state index is 8.50. The van der Waals surface area contributed by atoms with Crippen LogP contribution in [0, 0.1) is 0 Å². The summed E-state index contributed by atoms with van der Waals surface area (Å²) >= 11 is 0. The molecule has 0 saturated carbocycles. The number of nitrogens with one attached hydrogen (secondary N) is 1. The van der Waals surface area contributed by atoms with Crippen molar-refractivity contribution in [2.45, 2.75) is 6.54 Å². The molecule has 1 aromatic heterocycles. The summed E-state index contributed by atoms with van der Waals surface area (Å²) in [5.74, 6) is 0.897. The number of aryl methyl sites for hydroxylation is 1. The molecule has 0 aliphatic rings. The van der Waals surface area contributed by atoms with E-state index in [1.165, 1.54) is 11.1 Å². The molecule has 0 saturated heterocycles. The second-order valence-corrected chi connectivity index (χ2v) is 3.66. The first-order valence-corrected chi connectivity index (χ1v) is 4.66. The van der Waals surface area contributed by atoms with E-state index < -0.39 is 0 Å². The highest BCUT2D eigenvalue weighted by atomic mass is 16.4. The van der Waals surface area contributed by atoms with E-state index in [9.17, 15) is 0 Å². The lowest BCUT2D eigenvalue weighted by Crippen LogP contribution is -3.06. The molecule has 1 rings (SSSR count). The number of nitrogens with zero attached hydrogens (tertiary/aromatic N) is 3. The quantitative estimate of drug-likeness (QED) is 0.257. The van der Waals surface area contributed by atoms with Crippen LogP contribution in [-0.4, -0.2) is 36.6 Å². The predicted molar refractivity (Wildman–Crippen MR) is 52.7 cm³/mol. The van der Waals surface area contributed by atoms with Crippen molar-refractivity contribution >= 4 is 6.21 Å². The van der Waals surface area contributed by atoms with E-state index in [1.807, 2.05) is 24.0 Å². The zero-order valence-electron chi connectivity index (χ0n) is 8.94. The van der Waals surface area contributed by atoms with Crippen molar-refractivity contribution in [1.29, 1.82) is 0 Å². The van der Waals surface area contributed by atoms with E-state index in [-0.39, 0.29) is 0 Å². The third-order valence-electron chi connectivity index (χ3n) is 2.15. The molecule has 1 aromatic rings. The van der Waals surface area contributed by atoms with Crippen LogP contribution in [0.3, 0.4) is 0 Å². The van der Waals surface area contributed by atoms with Crippen molar-refractivity contribution in [3.8, 4) is 0 Å². The zero-order valence-corrected chi connectivity index (χ0v) is 8.94. The molecular formula is C9H18N4O+2. The molecule has 0 radical (unpaired) electrons. The summed E-state index contributed by atoms with van der Waals surface area (Å²) in [6, 6.07) is 0. The molecule has 2 N–H and O–H groups in total. The van der Waals surface area contributed by atoms with Crippen LogP contribution in [-0.2, 0) is 13.6 Å². The lowest BCUT2D eigenvalue weighted by molar-refractivity contribution is -0.859. The second-order valence-electron chi connectivity index (χ2n) is 3.66. The van der Waals surface area contributed by atoms with Crippen molar-refractivity contribution in [2.24, 2.45) is 12.2 Å². The van der Waals surface area contributed by atoms with Gasteiger partial charge in [-0.1, -0.05) is 5.16 Å². The van der Waals surface area contributed by atoms with Gasteiger partial charge in [0.05, 0.1) is 21.1 Å². The van der Waals surface area contributed by atoms with E-state index in [2.05, 4.69) is 23.8 Å². The molecule has 0 amide bonds. The first-order chi connectivity index (χ1) is 6.65. The topological polar surface area (TPSA) is 45.8 Å². The number of imidazole rings is 1. The Hall–Kier alpha value is -1.36. The number of hydrogen-bond donors (Lipinski definition) is 2. The molecule has 14 heavy (non-hydrogen) atoms. The van der Waals surface area contributed by atoms with E-state index in [0.717, 1.165) is 18.9 Å². The largest absolute Gasteiger partial charge is 0.411 e. The van der Waals surface area contributed by atoms with Gasteiger partial charge in [0.25, 0.3) is 0 Å². The molecule has 0 spiro atoms. The zero-order chi connectivity index (χ0) is 10.6. The normalized spacial score (nSPS) is 11.7. The van der Waals surface area contributed by atoms with Gasteiger partial charge >= 0.3 is 5.82 Å². The molecule has 5 heteroatoms. The summed E-state index contributed by atoms with van der Waals surface area (Å²) in [5, 5.41) is 11.6. The standard InChI is InChI=1S/C9H16N4O/c1-11(2)4-6-13-7-5-12(3)9(13)8-10-14/h5,7-8H,4,6H2,1-3H3/p+2. The Morgan fingerprint density at radius 3 is 2.93 bits per heavy atom. The molecule has 0 aromatic carbocycles. The van der Waals surface area contributed by atoms with Crippen LogP contribution < -0.4 is 9.47 Å². The number of oxime groups is 1.